The van der Waals surface area contributed by atoms with Crippen LogP contribution in [-0.2, 0) is 0 Å². The van der Waals surface area contributed by atoms with E-state index in [1.807, 2.05) is 18.2 Å². The summed E-state index contributed by atoms with van der Waals surface area (Å²) >= 11 is 24.1. The van der Waals surface area contributed by atoms with Crippen LogP contribution in [-0.4, -0.2) is 13.1 Å². The molecule has 0 saturated carbocycles. The molecular weight excluding hydrogens is 399 g/mol. The molecule has 2 aromatic carbocycles. The third-order valence-electron chi connectivity index (χ3n) is 3.67. The van der Waals surface area contributed by atoms with Crippen molar-refractivity contribution >= 4 is 58.8 Å². The average molecular weight is 414 g/mol. The minimum atomic E-state index is -0.117. The van der Waals surface area contributed by atoms with Gasteiger partial charge in [0.05, 0.1) is 20.1 Å². The summed E-state index contributed by atoms with van der Waals surface area (Å²) in [5.41, 5.74) is 0.993. The highest BCUT2D eigenvalue weighted by Gasteiger charge is 2.30. The molecule has 7 heteroatoms. The highest BCUT2D eigenvalue weighted by atomic mass is 35.5. The fourth-order valence-electron chi connectivity index (χ4n) is 2.35. The molecule has 0 unspecified atom stereocenters. The van der Waals surface area contributed by atoms with Crippen LogP contribution >= 0.6 is 58.8 Å². The van der Waals surface area contributed by atoms with E-state index in [0.29, 0.717) is 31.8 Å². The molecule has 1 N–H and O–H groups in total. The van der Waals surface area contributed by atoms with Gasteiger partial charge in [-0.15, -0.1) is 12.4 Å². The van der Waals surface area contributed by atoms with Crippen LogP contribution in [0.3, 0.4) is 0 Å². The average Bonchev–Trinajstić information content (AvgIpc) is 2.43. The smallest absolute Gasteiger partial charge is 0.129 e. The lowest BCUT2D eigenvalue weighted by Gasteiger charge is -2.35. The summed E-state index contributed by atoms with van der Waals surface area (Å²) in [5, 5.41) is 5.29. The molecule has 0 aliphatic carbocycles. The Kier molecular flexibility index (Phi) is 6.73. The van der Waals surface area contributed by atoms with Gasteiger partial charge in [0.1, 0.15) is 11.9 Å². The third kappa shape index (κ3) is 4.39. The first-order valence-electron chi connectivity index (χ1n) is 6.82. The molecule has 2 nitrogen and oxygen atoms in total. The summed E-state index contributed by atoms with van der Waals surface area (Å²) in [4.78, 5) is 0. The lowest BCUT2D eigenvalue weighted by atomic mass is 9.91. The van der Waals surface area contributed by atoms with E-state index in [1.165, 1.54) is 0 Å². The monoisotopic (exact) mass is 411 g/mol. The van der Waals surface area contributed by atoms with E-state index in [0.717, 1.165) is 18.7 Å². The van der Waals surface area contributed by atoms with Crippen molar-refractivity contribution in [1.29, 1.82) is 0 Å². The molecule has 2 aromatic rings. The molecule has 3 rings (SSSR count). The predicted molar refractivity (Wildman–Crippen MR) is 99.9 cm³/mol. The van der Waals surface area contributed by atoms with E-state index in [-0.39, 0.29) is 18.5 Å². The first-order chi connectivity index (χ1) is 10.5. The van der Waals surface area contributed by atoms with E-state index in [2.05, 4.69) is 5.32 Å². The summed E-state index contributed by atoms with van der Waals surface area (Å²) in [7, 11) is 0. The van der Waals surface area contributed by atoms with Crippen molar-refractivity contribution < 1.29 is 4.74 Å². The van der Waals surface area contributed by atoms with E-state index >= 15 is 0 Å². The molecule has 1 aliphatic heterocycles. The summed E-state index contributed by atoms with van der Waals surface area (Å²) in [6.07, 6.45) is -0.117. The summed E-state index contributed by atoms with van der Waals surface area (Å²) in [6.45, 7) is 1.79. The first-order valence-corrected chi connectivity index (χ1v) is 8.33. The van der Waals surface area contributed by atoms with Crippen LogP contribution in [0.25, 0.3) is 0 Å². The van der Waals surface area contributed by atoms with Gasteiger partial charge < -0.3 is 10.1 Å². The van der Waals surface area contributed by atoms with Crippen LogP contribution < -0.4 is 10.1 Å². The van der Waals surface area contributed by atoms with Gasteiger partial charge in [-0.2, -0.15) is 0 Å². The van der Waals surface area contributed by atoms with Gasteiger partial charge in [0.25, 0.3) is 0 Å². The molecule has 1 aliphatic rings. The molecule has 1 atom stereocenters. The second-order valence-corrected chi connectivity index (χ2v) is 6.84. The van der Waals surface area contributed by atoms with Crippen molar-refractivity contribution in [2.45, 2.75) is 6.10 Å². The van der Waals surface area contributed by atoms with Gasteiger partial charge in [-0.05, 0) is 29.8 Å². The lowest BCUT2D eigenvalue weighted by Crippen LogP contribution is -2.46. The molecule has 1 heterocycles. The highest BCUT2D eigenvalue weighted by Crippen LogP contribution is 2.35. The van der Waals surface area contributed by atoms with Crippen LogP contribution in [0.4, 0.5) is 0 Å². The Morgan fingerprint density at radius 1 is 0.870 bits per heavy atom. The number of ether oxygens (including phenoxy) is 1. The quantitative estimate of drug-likeness (QED) is 0.658. The number of rotatable bonds is 4. The van der Waals surface area contributed by atoms with Crippen molar-refractivity contribution in [3.63, 3.8) is 0 Å². The Balaban J connectivity index is 0.00000192. The van der Waals surface area contributed by atoms with E-state index in [1.54, 1.807) is 18.2 Å². The largest absolute Gasteiger partial charge is 0.485 e. The maximum Gasteiger partial charge on any atom is 0.129 e. The number of hydrogen-bond donors (Lipinski definition) is 1. The maximum atomic E-state index is 6.15. The number of benzene rings is 2. The van der Waals surface area contributed by atoms with Crippen LogP contribution in [0.2, 0.25) is 20.1 Å². The zero-order valence-electron chi connectivity index (χ0n) is 11.9. The van der Waals surface area contributed by atoms with Crippen LogP contribution in [0.1, 0.15) is 11.7 Å². The molecule has 23 heavy (non-hydrogen) atoms. The highest BCUT2D eigenvalue weighted by molar-refractivity contribution is 6.42. The molecule has 0 spiro atoms. The van der Waals surface area contributed by atoms with Gasteiger partial charge in [-0.3, -0.25) is 0 Å². The lowest BCUT2D eigenvalue weighted by molar-refractivity contribution is 0.0993. The molecule has 0 radical (unpaired) electrons. The van der Waals surface area contributed by atoms with Crippen LogP contribution in [0.5, 0.6) is 5.75 Å². The molecule has 0 bridgehead atoms. The molecular formula is C16H14Cl5NO. The summed E-state index contributed by atoms with van der Waals surface area (Å²) in [6, 6.07) is 10.8. The molecule has 1 saturated heterocycles. The van der Waals surface area contributed by atoms with Gasteiger partial charge in [0, 0.05) is 25.1 Å². The topological polar surface area (TPSA) is 21.3 Å². The van der Waals surface area contributed by atoms with Gasteiger partial charge in [0.15, 0.2) is 0 Å². The van der Waals surface area contributed by atoms with E-state index in [9.17, 15) is 0 Å². The molecule has 1 fully saturated rings. The fourth-order valence-corrected chi connectivity index (χ4v) is 2.94. The predicted octanol–water partition coefficient (Wildman–Crippen LogP) is 6.06. The first kappa shape index (κ1) is 19.0. The summed E-state index contributed by atoms with van der Waals surface area (Å²) in [5.74, 6) is 1.05. The Labute approximate surface area is 161 Å². The molecule has 0 aromatic heterocycles. The Morgan fingerprint density at radius 3 is 2.00 bits per heavy atom. The second kappa shape index (κ2) is 8.15. The Hall–Kier alpha value is -0.350. The van der Waals surface area contributed by atoms with E-state index < -0.39 is 0 Å². The zero-order valence-corrected chi connectivity index (χ0v) is 15.7. The fraction of sp³-hybridized carbons (Fsp3) is 0.250. The number of halogens is 5. The van der Waals surface area contributed by atoms with Gasteiger partial charge in [0.2, 0.25) is 0 Å². The van der Waals surface area contributed by atoms with Crippen molar-refractivity contribution in [3.05, 3.63) is 62.1 Å². The Bertz CT molecular complexity index is 690. The van der Waals surface area contributed by atoms with Gasteiger partial charge in [-0.1, -0.05) is 52.5 Å². The summed E-state index contributed by atoms with van der Waals surface area (Å²) < 4.78 is 6.15. The zero-order chi connectivity index (χ0) is 15.7. The standard InChI is InChI=1S/C16H13Cl4NO.ClH/c17-12-3-1-9(5-14(12)19)16(10-7-21-8-10)22-11-2-4-13(18)15(20)6-11;/h1-6,10,16,21H,7-8H2;1H/t16-;/m1./s1. The van der Waals surface area contributed by atoms with Crippen molar-refractivity contribution in [2.75, 3.05) is 13.1 Å². The minimum absolute atomic E-state index is 0. The third-order valence-corrected chi connectivity index (χ3v) is 5.15. The normalized spacial score (nSPS) is 15.5. The number of nitrogens with one attached hydrogen (secondary N) is 1. The number of hydrogen-bond acceptors (Lipinski definition) is 2. The minimum Gasteiger partial charge on any atom is -0.485 e. The van der Waals surface area contributed by atoms with Gasteiger partial charge in [-0.25, -0.2) is 0 Å². The molecule has 124 valence electrons. The molecule has 0 amide bonds. The van der Waals surface area contributed by atoms with Crippen LogP contribution in [0.15, 0.2) is 36.4 Å². The van der Waals surface area contributed by atoms with Crippen molar-refractivity contribution in [2.24, 2.45) is 5.92 Å². The SMILES string of the molecule is Cl.Clc1ccc(O[C@H](c2ccc(Cl)c(Cl)c2)C2CNC2)cc1Cl. The van der Waals surface area contributed by atoms with Crippen LogP contribution in [0, 0.1) is 5.92 Å². The van der Waals surface area contributed by atoms with Crippen molar-refractivity contribution in [3.8, 4) is 5.75 Å². The Morgan fingerprint density at radius 2 is 1.48 bits per heavy atom. The van der Waals surface area contributed by atoms with E-state index in [4.69, 9.17) is 51.1 Å². The van der Waals surface area contributed by atoms with Crippen molar-refractivity contribution in [1.82, 2.24) is 5.32 Å². The maximum absolute atomic E-state index is 6.15. The van der Waals surface area contributed by atoms with Gasteiger partial charge >= 0.3 is 0 Å². The second-order valence-electron chi connectivity index (χ2n) is 5.21.